The summed E-state index contributed by atoms with van der Waals surface area (Å²) in [7, 11) is 0. The van der Waals surface area contributed by atoms with E-state index in [4.69, 9.17) is 0 Å². The van der Waals surface area contributed by atoms with Crippen LogP contribution in [0.2, 0.25) is 0 Å². The van der Waals surface area contributed by atoms with Crippen molar-refractivity contribution >= 4 is 23.2 Å². The molecule has 1 N–H and O–H groups in total. The maximum Gasteiger partial charge on any atom is 0.256 e. The Hall–Kier alpha value is -2.62. The smallest absolute Gasteiger partial charge is 0.256 e. The fourth-order valence-corrected chi connectivity index (χ4v) is 2.74. The zero-order chi connectivity index (χ0) is 16.6. The lowest BCUT2D eigenvalue weighted by molar-refractivity contribution is -0.121. The highest BCUT2D eigenvalue weighted by molar-refractivity contribution is 6.23. The van der Waals surface area contributed by atoms with Crippen LogP contribution in [0.1, 0.15) is 23.1 Å². The van der Waals surface area contributed by atoms with E-state index in [1.807, 2.05) is 63.2 Å². The Morgan fingerprint density at radius 1 is 0.957 bits per heavy atom. The highest BCUT2D eigenvalue weighted by atomic mass is 16.2. The minimum absolute atomic E-state index is 0.166. The first kappa shape index (κ1) is 15.3. The lowest BCUT2D eigenvalue weighted by Gasteiger charge is -2.16. The number of carbonyl (C=O) groups is 2. The molecule has 4 heteroatoms. The summed E-state index contributed by atoms with van der Waals surface area (Å²) < 4.78 is 0. The van der Waals surface area contributed by atoms with Gasteiger partial charge in [0, 0.05) is 5.69 Å². The van der Waals surface area contributed by atoms with E-state index in [1.165, 1.54) is 10.5 Å². The Morgan fingerprint density at radius 2 is 1.65 bits per heavy atom. The van der Waals surface area contributed by atoms with Gasteiger partial charge in [-0.1, -0.05) is 23.8 Å². The molecule has 0 aliphatic carbocycles. The third-order valence-corrected chi connectivity index (χ3v) is 4.29. The van der Waals surface area contributed by atoms with Crippen molar-refractivity contribution in [1.82, 2.24) is 0 Å². The molecule has 0 bridgehead atoms. The highest BCUT2D eigenvalue weighted by Crippen LogP contribution is 2.25. The van der Waals surface area contributed by atoms with Crippen molar-refractivity contribution in [2.75, 3.05) is 10.2 Å². The number of carbonyl (C=O) groups excluding carboxylic acids is 2. The predicted molar refractivity (Wildman–Crippen MR) is 91.6 cm³/mol. The van der Waals surface area contributed by atoms with Crippen LogP contribution in [-0.2, 0) is 9.59 Å². The van der Waals surface area contributed by atoms with Gasteiger partial charge in [0.15, 0.2) is 0 Å². The topological polar surface area (TPSA) is 49.4 Å². The van der Waals surface area contributed by atoms with Crippen molar-refractivity contribution in [2.24, 2.45) is 0 Å². The van der Waals surface area contributed by atoms with E-state index in [2.05, 4.69) is 5.32 Å². The maximum absolute atomic E-state index is 12.6. The number of benzene rings is 2. The van der Waals surface area contributed by atoms with Gasteiger partial charge in [-0.3, -0.25) is 9.59 Å². The number of imide groups is 1. The third kappa shape index (κ3) is 2.97. The highest BCUT2D eigenvalue weighted by Gasteiger charge is 2.39. The van der Waals surface area contributed by atoms with Gasteiger partial charge in [-0.2, -0.15) is 0 Å². The van der Waals surface area contributed by atoms with Crippen molar-refractivity contribution in [3.8, 4) is 0 Å². The molecule has 0 aromatic heterocycles. The first-order chi connectivity index (χ1) is 11.0. The van der Waals surface area contributed by atoms with E-state index >= 15 is 0 Å². The van der Waals surface area contributed by atoms with Crippen LogP contribution in [0.25, 0.3) is 0 Å². The zero-order valence-electron chi connectivity index (χ0n) is 13.6. The van der Waals surface area contributed by atoms with E-state index < -0.39 is 6.04 Å². The SMILES string of the molecule is Cc1ccc(N2C(=O)C[C@H](Nc3ccc(C)c(C)c3)C2=O)cc1. The van der Waals surface area contributed by atoms with Crippen LogP contribution in [0.3, 0.4) is 0 Å². The minimum atomic E-state index is -0.508. The Morgan fingerprint density at radius 3 is 2.30 bits per heavy atom. The van der Waals surface area contributed by atoms with Gasteiger partial charge in [0.05, 0.1) is 12.1 Å². The number of anilines is 2. The number of rotatable bonds is 3. The van der Waals surface area contributed by atoms with Crippen molar-refractivity contribution in [3.63, 3.8) is 0 Å². The summed E-state index contributed by atoms with van der Waals surface area (Å²) in [6.45, 7) is 6.05. The summed E-state index contributed by atoms with van der Waals surface area (Å²) >= 11 is 0. The Bertz CT molecular complexity index is 765. The molecule has 118 valence electrons. The van der Waals surface area contributed by atoms with Gasteiger partial charge in [0.2, 0.25) is 5.91 Å². The molecule has 1 aliphatic rings. The van der Waals surface area contributed by atoms with Crippen LogP contribution in [0, 0.1) is 20.8 Å². The van der Waals surface area contributed by atoms with E-state index in [0.29, 0.717) is 5.69 Å². The van der Waals surface area contributed by atoms with Crippen LogP contribution < -0.4 is 10.2 Å². The second-order valence-corrected chi connectivity index (χ2v) is 6.10. The molecule has 3 rings (SSSR count). The number of amides is 2. The van der Waals surface area contributed by atoms with E-state index in [-0.39, 0.29) is 18.2 Å². The minimum Gasteiger partial charge on any atom is -0.373 e. The number of aryl methyl sites for hydroxylation is 3. The van der Waals surface area contributed by atoms with Crippen LogP contribution >= 0.6 is 0 Å². The van der Waals surface area contributed by atoms with Gasteiger partial charge in [-0.15, -0.1) is 0 Å². The van der Waals surface area contributed by atoms with Gasteiger partial charge < -0.3 is 5.32 Å². The molecular weight excluding hydrogens is 288 g/mol. The van der Waals surface area contributed by atoms with Gasteiger partial charge in [-0.05, 0) is 56.2 Å². The zero-order valence-corrected chi connectivity index (χ0v) is 13.6. The third-order valence-electron chi connectivity index (χ3n) is 4.29. The molecule has 23 heavy (non-hydrogen) atoms. The Labute approximate surface area is 136 Å². The van der Waals surface area contributed by atoms with Gasteiger partial charge in [0.25, 0.3) is 5.91 Å². The number of nitrogens with one attached hydrogen (secondary N) is 1. The summed E-state index contributed by atoms with van der Waals surface area (Å²) in [5, 5.41) is 3.19. The molecule has 1 heterocycles. The lowest BCUT2D eigenvalue weighted by atomic mass is 10.1. The summed E-state index contributed by atoms with van der Waals surface area (Å²) in [5.41, 5.74) is 4.95. The monoisotopic (exact) mass is 308 g/mol. The summed E-state index contributed by atoms with van der Waals surface area (Å²) in [5.74, 6) is -0.364. The molecule has 2 amide bonds. The largest absolute Gasteiger partial charge is 0.373 e. The Balaban J connectivity index is 1.80. The molecule has 1 fully saturated rings. The van der Waals surface area contributed by atoms with E-state index in [0.717, 1.165) is 16.8 Å². The quantitative estimate of drug-likeness (QED) is 0.885. The maximum atomic E-state index is 12.6. The van der Waals surface area contributed by atoms with Crippen LogP contribution in [0.5, 0.6) is 0 Å². The second kappa shape index (κ2) is 5.88. The number of hydrogen-bond acceptors (Lipinski definition) is 3. The molecule has 0 radical (unpaired) electrons. The first-order valence-corrected chi connectivity index (χ1v) is 7.73. The van der Waals surface area contributed by atoms with Crippen molar-refractivity contribution in [3.05, 3.63) is 59.2 Å². The molecule has 0 unspecified atom stereocenters. The van der Waals surface area contributed by atoms with Crippen LogP contribution in [0.4, 0.5) is 11.4 Å². The molecular formula is C19H20N2O2. The summed E-state index contributed by atoms with van der Waals surface area (Å²) in [6, 6.07) is 12.9. The fourth-order valence-electron chi connectivity index (χ4n) is 2.74. The standard InChI is InChI=1S/C19H20N2O2/c1-12-4-8-16(9-5-12)21-18(22)11-17(19(21)23)20-15-7-6-13(2)14(3)10-15/h4-10,17,20H,11H2,1-3H3/t17-/m0/s1. The molecule has 0 spiro atoms. The fraction of sp³-hybridized carbons (Fsp3) is 0.263. The van der Waals surface area contributed by atoms with E-state index in [1.54, 1.807) is 0 Å². The average Bonchev–Trinajstić information content (AvgIpc) is 2.79. The molecule has 1 aliphatic heterocycles. The molecule has 2 aromatic rings. The van der Waals surface area contributed by atoms with Gasteiger partial charge in [0.1, 0.15) is 6.04 Å². The molecule has 0 saturated carbocycles. The lowest BCUT2D eigenvalue weighted by Crippen LogP contribution is -2.34. The van der Waals surface area contributed by atoms with Crippen molar-refractivity contribution in [2.45, 2.75) is 33.2 Å². The average molecular weight is 308 g/mol. The summed E-state index contributed by atoms with van der Waals surface area (Å²) in [4.78, 5) is 26.1. The normalized spacial score (nSPS) is 17.7. The Kier molecular flexibility index (Phi) is 3.90. The molecule has 1 saturated heterocycles. The molecule has 4 nitrogen and oxygen atoms in total. The predicted octanol–water partition coefficient (Wildman–Crippen LogP) is 3.36. The first-order valence-electron chi connectivity index (χ1n) is 7.73. The molecule has 1 atom stereocenters. The van der Waals surface area contributed by atoms with Gasteiger partial charge in [-0.25, -0.2) is 4.90 Å². The van der Waals surface area contributed by atoms with Crippen LogP contribution in [-0.4, -0.2) is 17.9 Å². The van der Waals surface area contributed by atoms with Crippen LogP contribution in [0.15, 0.2) is 42.5 Å². The van der Waals surface area contributed by atoms with E-state index in [9.17, 15) is 9.59 Å². The second-order valence-electron chi connectivity index (χ2n) is 6.10. The summed E-state index contributed by atoms with van der Waals surface area (Å²) in [6.07, 6.45) is 0.180. The number of hydrogen-bond donors (Lipinski definition) is 1. The van der Waals surface area contributed by atoms with Crippen molar-refractivity contribution in [1.29, 1.82) is 0 Å². The van der Waals surface area contributed by atoms with Gasteiger partial charge >= 0.3 is 0 Å². The molecule has 2 aromatic carbocycles. The van der Waals surface area contributed by atoms with Crippen molar-refractivity contribution < 1.29 is 9.59 Å². The number of nitrogens with zero attached hydrogens (tertiary/aromatic N) is 1.